The van der Waals surface area contributed by atoms with Gasteiger partial charge in [0.05, 0.1) is 20.6 Å². The van der Waals surface area contributed by atoms with Crippen LogP contribution in [0.4, 0.5) is 10.1 Å². The van der Waals surface area contributed by atoms with Crippen LogP contribution in [0.15, 0.2) is 63.3 Å². The maximum atomic E-state index is 13.9. The Hall–Kier alpha value is -2.15. The summed E-state index contributed by atoms with van der Waals surface area (Å²) in [6.07, 6.45) is 1.96. The van der Waals surface area contributed by atoms with Crippen molar-refractivity contribution in [1.29, 1.82) is 0 Å². The summed E-state index contributed by atoms with van der Waals surface area (Å²) in [5, 5.41) is 2.93. The summed E-state index contributed by atoms with van der Waals surface area (Å²) in [7, 11) is 0. The quantitative estimate of drug-likeness (QED) is 0.348. The molecule has 1 aliphatic heterocycles. The molecule has 0 fully saturated rings. The number of halogens is 2. The molecule has 0 unspecified atom stereocenters. The van der Waals surface area contributed by atoms with E-state index in [4.69, 9.17) is 16.6 Å². The number of nitrogens with zero attached hydrogens (tertiary/aromatic N) is 1. The van der Waals surface area contributed by atoms with E-state index in [1.54, 1.807) is 18.2 Å². The molecule has 148 valence electrons. The first-order chi connectivity index (χ1) is 14.0. The summed E-state index contributed by atoms with van der Waals surface area (Å²) in [6.45, 7) is 2.73. The Morgan fingerprint density at radius 2 is 2.00 bits per heavy atom. The second-order valence-corrected chi connectivity index (χ2v) is 9.40. The van der Waals surface area contributed by atoms with Gasteiger partial charge in [0.2, 0.25) is 0 Å². The lowest BCUT2D eigenvalue weighted by Crippen LogP contribution is -2.24. The average Bonchev–Trinajstić information content (AvgIpc) is 3.06. The zero-order valence-electron chi connectivity index (χ0n) is 15.7. The van der Waals surface area contributed by atoms with Crippen LogP contribution in [-0.4, -0.2) is 18.2 Å². The highest BCUT2D eigenvalue weighted by Crippen LogP contribution is 2.42. The lowest BCUT2D eigenvalue weighted by Gasteiger charge is -2.08. The SMILES string of the molecule is CCCCNC(=O)c1ccc2c(c1)N=C(c1ccc(Cl)s1)c1ccc(F)cc1S2. The fourth-order valence-electron chi connectivity index (χ4n) is 3.02. The largest absolute Gasteiger partial charge is 0.352 e. The van der Waals surface area contributed by atoms with E-state index in [-0.39, 0.29) is 11.7 Å². The van der Waals surface area contributed by atoms with Crippen LogP contribution in [-0.2, 0) is 0 Å². The smallest absolute Gasteiger partial charge is 0.251 e. The first kappa shape index (κ1) is 20.1. The van der Waals surface area contributed by atoms with E-state index in [1.165, 1.54) is 35.2 Å². The molecule has 29 heavy (non-hydrogen) atoms. The third-order valence-corrected chi connectivity index (χ3v) is 6.86. The van der Waals surface area contributed by atoms with Crippen LogP contribution in [0.5, 0.6) is 0 Å². The van der Waals surface area contributed by atoms with Gasteiger partial charge in [0.25, 0.3) is 5.91 Å². The Bertz CT molecular complexity index is 1110. The number of benzene rings is 2. The van der Waals surface area contributed by atoms with Crippen molar-refractivity contribution >= 4 is 52.0 Å². The number of nitrogens with one attached hydrogen (secondary N) is 1. The van der Waals surface area contributed by atoms with Crippen LogP contribution in [0.2, 0.25) is 4.34 Å². The Labute approximate surface area is 182 Å². The van der Waals surface area contributed by atoms with E-state index >= 15 is 0 Å². The molecule has 7 heteroatoms. The van der Waals surface area contributed by atoms with E-state index < -0.39 is 0 Å². The molecule has 0 saturated carbocycles. The van der Waals surface area contributed by atoms with Crippen LogP contribution in [0, 0.1) is 5.82 Å². The molecule has 1 aliphatic rings. The number of rotatable bonds is 5. The topological polar surface area (TPSA) is 41.5 Å². The van der Waals surface area contributed by atoms with Crippen molar-refractivity contribution in [2.45, 2.75) is 29.6 Å². The molecular formula is C22H18ClFN2OS2. The number of fused-ring (bicyclic) bond motifs is 2. The lowest BCUT2D eigenvalue weighted by atomic mass is 10.1. The number of hydrogen-bond donors (Lipinski definition) is 1. The highest BCUT2D eigenvalue weighted by atomic mass is 35.5. The normalized spacial score (nSPS) is 12.6. The maximum absolute atomic E-state index is 13.9. The molecule has 0 spiro atoms. The highest BCUT2D eigenvalue weighted by molar-refractivity contribution is 7.99. The molecule has 3 aromatic rings. The fourth-order valence-corrected chi connectivity index (χ4v) is 5.09. The minimum Gasteiger partial charge on any atom is -0.352 e. The van der Waals surface area contributed by atoms with Crippen molar-refractivity contribution < 1.29 is 9.18 Å². The third-order valence-electron chi connectivity index (χ3n) is 4.49. The zero-order valence-corrected chi connectivity index (χ0v) is 18.1. The molecule has 1 N–H and O–H groups in total. The van der Waals surface area contributed by atoms with Crippen LogP contribution in [0.25, 0.3) is 0 Å². The van der Waals surface area contributed by atoms with Gasteiger partial charge >= 0.3 is 0 Å². The maximum Gasteiger partial charge on any atom is 0.251 e. The number of carbonyl (C=O) groups is 1. The molecule has 4 rings (SSSR count). The standard InChI is InChI=1S/C22H18ClFN2OS2/c1-2-3-10-25-22(27)13-4-7-17-16(11-13)26-21(18-8-9-20(23)29-18)15-6-5-14(24)12-19(15)28-17/h4-9,11-12H,2-3,10H2,1H3,(H,25,27). The number of unbranched alkanes of at least 4 members (excludes halogenated alkanes) is 1. The summed E-state index contributed by atoms with van der Waals surface area (Å²) < 4.78 is 14.6. The van der Waals surface area contributed by atoms with Gasteiger partial charge in [0.1, 0.15) is 5.82 Å². The first-order valence-corrected chi connectivity index (χ1v) is 11.3. The summed E-state index contributed by atoms with van der Waals surface area (Å²) in [5.74, 6) is -0.412. The molecule has 0 atom stereocenters. The predicted molar refractivity (Wildman–Crippen MR) is 119 cm³/mol. The molecule has 0 radical (unpaired) electrons. The second kappa shape index (κ2) is 8.69. The van der Waals surface area contributed by atoms with Gasteiger partial charge in [-0.3, -0.25) is 4.79 Å². The molecule has 2 aromatic carbocycles. The van der Waals surface area contributed by atoms with Gasteiger partial charge in [0.15, 0.2) is 0 Å². The molecule has 0 aliphatic carbocycles. The van der Waals surface area contributed by atoms with Gasteiger partial charge in [-0.05, 0) is 55.0 Å². The second-order valence-electron chi connectivity index (χ2n) is 6.60. The van der Waals surface area contributed by atoms with Gasteiger partial charge in [-0.1, -0.05) is 36.7 Å². The molecule has 0 bridgehead atoms. The Morgan fingerprint density at radius 3 is 2.76 bits per heavy atom. The average molecular weight is 445 g/mol. The van der Waals surface area contributed by atoms with Gasteiger partial charge in [-0.25, -0.2) is 9.38 Å². The van der Waals surface area contributed by atoms with Crippen LogP contribution in [0.3, 0.4) is 0 Å². The van der Waals surface area contributed by atoms with E-state index in [0.717, 1.165) is 38.8 Å². The van der Waals surface area contributed by atoms with E-state index in [9.17, 15) is 9.18 Å². The van der Waals surface area contributed by atoms with Crippen molar-refractivity contribution in [1.82, 2.24) is 5.32 Å². The Morgan fingerprint density at radius 1 is 1.14 bits per heavy atom. The monoisotopic (exact) mass is 444 g/mol. The Kier molecular flexibility index (Phi) is 6.04. The number of amides is 1. The first-order valence-electron chi connectivity index (χ1n) is 9.29. The summed E-state index contributed by atoms with van der Waals surface area (Å²) in [4.78, 5) is 19.9. The summed E-state index contributed by atoms with van der Waals surface area (Å²) in [6, 6.07) is 13.9. The zero-order chi connectivity index (χ0) is 20.4. The van der Waals surface area contributed by atoms with Crippen molar-refractivity contribution in [3.8, 4) is 0 Å². The lowest BCUT2D eigenvalue weighted by molar-refractivity contribution is 0.0953. The van der Waals surface area contributed by atoms with Crippen molar-refractivity contribution in [2.75, 3.05) is 6.54 Å². The van der Waals surface area contributed by atoms with E-state index in [1.807, 2.05) is 18.2 Å². The van der Waals surface area contributed by atoms with Crippen molar-refractivity contribution in [3.05, 3.63) is 74.7 Å². The molecule has 2 heterocycles. The summed E-state index contributed by atoms with van der Waals surface area (Å²) in [5.41, 5.74) is 2.82. The Balaban J connectivity index is 1.79. The van der Waals surface area contributed by atoms with E-state index in [0.29, 0.717) is 22.1 Å². The number of aliphatic imine (C=N–C) groups is 1. The third kappa shape index (κ3) is 4.39. The number of carbonyl (C=O) groups excluding carboxylic acids is 1. The minimum absolute atomic E-state index is 0.116. The van der Waals surface area contributed by atoms with Gasteiger partial charge in [0, 0.05) is 27.5 Å². The van der Waals surface area contributed by atoms with Crippen LogP contribution >= 0.6 is 34.7 Å². The van der Waals surface area contributed by atoms with Gasteiger partial charge < -0.3 is 5.32 Å². The minimum atomic E-state index is -0.296. The van der Waals surface area contributed by atoms with Gasteiger partial charge in [-0.2, -0.15) is 0 Å². The molecule has 1 aromatic heterocycles. The molecular weight excluding hydrogens is 427 g/mol. The highest BCUT2D eigenvalue weighted by Gasteiger charge is 2.21. The predicted octanol–water partition coefficient (Wildman–Crippen LogP) is 6.70. The molecule has 1 amide bonds. The van der Waals surface area contributed by atoms with Crippen molar-refractivity contribution in [2.24, 2.45) is 4.99 Å². The van der Waals surface area contributed by atoms with Crippen LogP contribution < -0.4 is 5.32 Å². The van der Waals surface area contributed by atoms with E-state index in [2.05, 4.69) is 12.2 Å². The molecule has 0 saturated heterocycles. The van der Waals surface area contributed by atoms with Gasteiger partial charge in [-0.15, -0.1) is 11.3 Å². The summed E-state index contributed by atoms with van der Waals surface area (Å²) >= 11 is 9.02. The molecule has 3 nitrogen and oxygen atoms in total. The van der Waals surface area contributed by atoms with Crippen molar-refractivity contribution in [3.63, 3.8) is 0 Å². The fraction of sp³-hybridized carbons (Fsp3) is 0.182. The van der Waals surface area contributed by atoms with Crippen LogP contribution in [0.1, 0.15) is 40.6 Å². The number of thiophene rings is 1. The number of hydrogen-bond acceptors (Lipinski definition) is 4.